The van der Waals surface area contributed by atoms with Crippen molar-refractivity contribution >= 4 is 5.97 Å². The van der Waals surface area contributed by atoms with Crippen LogP contribution in [-0.2, 0) is 14.9 Å². The van der Waals surface area contributed by atoms with Crippen molar-refractivity contribution in [2.45, 2.75) is 62.8 Å². The van der Waals surface area contributed by atoms with Gasteiger partial charge in [0.15, 0.2) is 0 Å². The number of esters is 1. The van der Waals surface area contributed by atoms with Crippen LogP contribution in [0.2, 0.25) is 0 Å². The SMILES string of the molecule is COC(=O)C1(c2cn(C3CCCCC3)cn2)CC1CCCN. The fourth-order valence-electron chi connectivity index (χ4n) is 4.04. The van der Waals surface area contributed by atoms with E-state index >= 15 is 0 Å². The molecule has 2 saturated carbocycles. The molecule has 122 valence electrons. The second kappa shape index (κ2) is 6.41. The third-order valence-corrected chi connectivity index (χ3v) is 5.47. The Bertz CT molecular complexity index is 522. The van der Waals surface area contributed by atoms with Gasteiger partial charge in [0.2, 0.25) is 0 Å². The summed E-state index contributed by atoms with van der Waals surface area (Å²) in [5, 5.41) is 0. The van der Waals surface area contributed by atoms with Crippen LogP contribution in [0.3, 0.4) is 0 Å². The second-order valence-electron chi connectivity index (χ2n) is 6.79. The molecule has 2 aliphatic carbocycles. The highest BCUT2D eigenvalue weighted by Gasteiger charge is 2.63. The maximum Gasteiger partial charge on any atom is 0.318 e. The van der Waals surface area contributed by atoms with Gasteiger partial charge in [-0.15, -0.1) is 0 Å². The number of hydrogen-bond donors (Lipinski definition) is 1. The van der Waals surface area contributed by atoms with Crippen molar-refractivity contribution in [2.24, 2.45) is 11.7 Å². The van der Waals surface area contributed by atoms with Crippen molar-refractivity contribution in [1.29, 1.82) is 0 Å². The van der Waals surface area contributed by atoms with Gasteiger partial charge in [-0.1, -0.05) is 19.3 Å². The Morgan fingerprint density at radius 1 is 1.45 bits per heavy atom. The van der Waals surface area contributed by atoms with Gasteiger partial charge in [0.25, 0.3) is 0 Å². The first-order chi connectivity index (χ1) is 10.7. The predicted octanol–water partition coefficient (Wildman–Crippen LogP) is 2.56. The van der Waals surface area contributed by atoms with E-state index in [-0.39, 0.29) is 5.97 Å². The van der Waals surface area contributed by atoms with Crippen molar-refractivity contribution in [1.82, 2.24) is 9.55 Å². The first kappa shape index (κ1) is 15.5. The summed E-state index contributed by atoms with van der Waals surface area (Å²) in [5.74, 6) is 0.196. The smallest absolute Gasteiger partial charge is 0.318 e. The number of imidazole rings is 1. The molecule has 0 saturated heterocycles. The highest BCUT2D eigenvalue weighted by Crippen LogP contribution is 2.56. The van der Waals surface area contributed by atoms with Crippen LogP contribution in [0.5, 0.6) is 0 Å². The molecule has 2 unspecified atom stereocenters. The largest absolute Gasteiger partial charge is 0.468 e. The maximum atomic E-state index is 12.4. The van der Waals surface area contributed by atoms with Gasteiger partial charge < -0.3 is 15.0 Å². The molecule has 1 heterocycles. The van der Waals surface area contributed by atoms with Crippen LogP contribution in [0, 0.1) is 5.92 Å². The lowest BCUT2D eigenvalue weighted by Crippen LogP contribution is -2.25. The fraction of sp³-hybridized carbons (Fsp3) is 0.765. The molecular formula is C17H27N3O2. The first-order valence-electron chi connectivity index (χ1n) is 8.55. The minimum Gasteiger partial charge on any atom is -0.468 e. The summed E-state index contributed by atoms with van der Waals surface area (Å²) in [6.45, 7) is 0.671. The molecule has 0 spiro atoms. The van der Waals surface area contributed by atoms with E-state index in [4.69, 9.17) is 10.5 Å². The number of ether oxygens (including phenoxy) is 1. The normalized spacial score (nSPS) is 28.5. The summed E-state index contributed by atoms with van der Waals surface area (Å²) >= 11 is 0. The van der Waals surface area contributed by atoms with E-state index in [9.17, 15) is 4.79 Å². The second-order valence-corrected chi connectivity index (χ2v) is 6.79. The maximum absolute atomic E-state index is 12.4. The topological polar surface area (TPSA) is 70.1 Å². The molecule has 2 N–H and O–H groups in total. The summed E-state index contributed by atoms with van der Waals surface area (Å²) in [4.78, 5) is 16.9. The molecule has 1 aromatic rings. The van der Waals surface area contributed by atoms with Gasteiger partial charge in [-0.25, -0.2) is 4.98 Å². The summed E-state index contributed by atoms with van der Waals surface area (Å²) in [6.07, 6.45) is 13.1. The quantitative estimate of drug-likeness (QED) is 0.820. The van der Waals surface area contributed by atoms with Gasteiger partial charge in [0, 0.05) is 12.2 Å². The zero-order valence-corrected chi connectivity index (χ0v) is 13.5. The minimum absolute atomic E-state index is 0.136. The molecule has 0 radical (unpaired) electrons. The lowest BCUT2D eigenvalue weighted by atomic mass is 9.95. The molecular weight excluding hydrogens is 278 g/mol. The molecule has 2 atom stereocenters. The van der Waals surface area contributed by atoms with Crippen LogP contribution in [0.25, 0.3) is 0 Å². The first-order valence-corrected chi connectivity index (χ1v) is 8.55. The lowest BCUT2D eigenvalue weighted by molar-refractivity contribution is -0.144. The number of aromatic nitrogens is 2. The van der Waals surface area contributed by atoms with Gasteiger partial charge in [-0.3, -0.25) is 4.79 Å². The van der Waals surface area contributed by atoms with E-state index in [1.54, 1.807) is 0 Å². The monoisotopic (exact) mass is 305 g/mol. The van der Waals surface area contributed by atoms with Gasteiger partial charge in [-0.2, -0.15) is 0 Å². The van der Waals surface area contributed by atoms with Crippen LogP contribution >= 0.6 is 0 Å². The molecule has 3 rings (SSSR count). The van der Waals surface area contributed by atoms with E-state index in [2.05, 4.69) is 15.7 Å². The molecule has 5 nitrogen and oxygen atoms in total. The van der Waals surface area contributed by atoms with Crippen LogP contribution in [0.4, 0.5) is 0 Å². The molecule has 0 aliphatic heterocycles. The Hall–Kier alpha value is -1.36. The average Bonchev–Trinajstić information content (AvgIpc) is 3.08. The molecule has 2 fully saturated rings. The number of rotatable bonds is 6. The van der Waals surface area contributed by atoms with Crippen LogP contribution in [0.15, 0.2) is 12.5 Å². The summed E-state index contributed by atoms with van der Waals surface area (Å²) in [5.41, 5.74) is 5.99. The summed E-state index contributed by atoms with van der Waals surface area (Å²) < 4.78 is 7.30. The fourth-order valence-corrected chi connectivity index (χ4v) is 4.04. The average molecular weight is 305 g/mol. The van der Waals surface area contributed by atoms with Crippen LogP contribution in [-0.4, -0.2) is 29.2 Å². The minimum atomic E-state index is -0.510. The third kappa shape index (κ3) is 2.67. The Balaban J connectivity index is 1.78. The Kier molecular flexibility index (Phi) is 4.52. The molecule has 0 aromatic carbocycles. The zero-order chi connectivity index (χ0) is 15.6. The predicted molar refractivity (Wildman–Crippen MR) is 84.4 cm³/mol. The molecule has 1 aromatic heterocycles. The summed E-state index contributed by atoms with van der Waals surface area (Å²) in [7, 11) is 1.47. The Morgan fingerprint density at radius 2 is 2.23 bits per heavy atom. The van der Waals surface area contributed by atoms with Gasteiger partial charge in [0.05, 0.1) is 19.1 Å². The van der Waals surface area contributed by atoms with Crippen LogP contribution in [0.1, 0.15) is 63.1 Å². The summed E-state index contributed by atoms with van der Waals surface area (Å²) in [6, 6.07) is 0.547. The molecule has 0 bridgehead atoms. The van der Waals surface area contributed by atoms with Crippen molar-refractivity contribution in [3.05, 3.63) is 18.2 Å². The number of carbonyl (C=O) groups is 1. The van der Waals surface area contributed by atoms with E-state index in [1.165, 1.54) is 39.2 Å². The standard InChI is InChI=1S/C17H27N3O2/c1-22-16(21)17(10-13(17)6-5-9-18)15-11-20(12-19-15)14-7-3-2-4-8-14/h11-14H,2-10,18H2,1H3. The number of methoxy groups -OCH3 is 1. The number of nitrogens with two attached hydrogens (primary N) is 1. The molecule has 2 aliphatic rings. The van der Waals surface area contributed by atoms with E-state index in [0.717, 1.165) is 25.0 Å². The zero-order valence-electron chi connectivity index (χ0n) is 13.5. The van der Waals surface area contributed by atoms with E-state index in [0.29, 0.717) is 18.5 Å². The van der Waals surface area contributed by atoms with Crippen molar-refractivity contribution in [2.75, 3.05) is 13.7 Å². The van der Waals surface area contributed by atoms with Crippen LogP contribution < -0.4 is 5.73 Å². The van der Waals surface area contributed by atoms with E-state index in [1.807, 2.05) is 6.33 Å². The van der Waals surface area contributed by atoms with Gasteiger partial charge >= 0.3 is 5.97 Å². The Labute approximate surface area is 132 Å². The molecule has 5 heteroatoms. The Morgan fingerprint density at radius 3 is 2.91 bits per heavy atom. The number of nitrogens with zero attached hydrogens (tertiary/aromatic N) is 2. The van der Waals surface area contributed by atoms with Gasteiger partial charge in [0.1, 0.15) is 5.41 Å². The molecule has 0 amide bonds. The van der Waals surface area contributed by atoms with Crippen molar-refractivity contribution < 1.29 is 9.53 Å². The van der Waals surface area contributed by atoms with Crippen molar-refractivity contribution in [3.8, 4) is 0 Å². The highest BCUT2D eigenvalue weighted by molar-refractivity contribution is 5.86. The number of hydrogen-bond acceptors (Lipinski definition) is 4. The highest BCUT2D eigenvalue weighted by atomic mass is 16.5. The molecule has 22 heavy (non-hydrogen) atoms. The number of carbonyl (C=O) groups excluding carboxylic acids is 1. The van der Waals surface area contributed by atoms with Gasteiger partial charge in [-0.05, 0) is 44.6 Å². The van der Waals surface area contributed by atoms with Crippen molar-refractivity contribution in [3.63, 3.8) is 0 Å². The third-order valence-electron chi connectivity index (χ3n) is 5.47. The lowest BCUT2D eigenvalue weighted by Gasteiger charge is -2.22. The van der Waals surface area contributed by atoms with E-state index < -0.39 is 5.41 Å².